The van der Waals surface area contributed by atoms with Gasteiger partial charge in [-0.15, -0.1) is 0 Å². The van der Waals surface area contributed by atoms with E-state index in [-0.39, 0.29) is 42.4 Å². The van der Waals surface area contributed by atoms with Crippen LogP contribution < -0.4 is 0 Å². The van der Waals surface area contributed by atoms with E-state index in [1.165, 1.54) is 11.1 Å². The average molecular weight is 419 g/mol. The van der Waals surface area contributed by atoms with Gasteiger partial charge in [0.2, 0.25) is 0 Å². The number of allylic oxidation sites excluding steroid dienone is 3. The zero-order valence-corrected chi connectivity index (χ0v) is 19.1. The topological polar surface area (TPSA) is 72.8 Å². The number of aliphatic hydroxyl groups is 1. The Labute approximate surface area is 180 Å². The number of rotatable bonds is 6. The van der Waals surface area contributed by atoms with Gasteiger partial charge in [0.05, 0.1) is 18.4 Å². The van der Waals surface area contributed by atoms with E-state index in [0.717, 1.165) is 25.7 Å². The van der Waals surface area contributed by atoms with Crippen LogP contribution in [0.25, 0.3) is 0 Å². The van der Waals surface area contributed by atoms with E-state index < -0.39 is 6.10 Å². The van der Waals surface area contributed by atoms with Crippen molar-refractivity contribution in [1.82, 2.24) is 0 Å². The molecule has 30 heavy (non-hydrogen) atoms. The summed E-state index contributed by atoms with van der Waals surface area (Å²) in [6.45, 7) is 10.5. The highest BCUT2D eigenvalue weighted by atomic mass is 16.5. The molecule has 0 aromatic carbocycles. The lowest BCUT2D eigenvalue weighted by Gasteiger charge is -2.45. The highest BCUT2D eigenvalue weighted by Crippen LogP contribution is 2.47. The number of carbonyl (C=O) groups is 2. The molecule has 0 bridgehead atoms. The molecule has 3 aliphatic rings. The average Bonchev–Trinajstić information content (AvgIpc) is 2.66. The largest absolute Gasteiger partial charge is 0.462 e. The van der Waals surface area contributed by atoms with Crippen LogP contribution >= 0.6 is 0 Å². The molecule has 8 atom stereocenters. The number of fused-ring (bicyclic) bond motifs is 1. The summed E-state index contributed by atoms with van der Waals surface area (Å²) in [4.78, 5) is 24.3. The van der Waals surface area contributed by atoms with Crippen LogP contribution in [0, 0.1) is 29.6 Å². The first-order valence-corrected chi connectivity index (χ1v) is 11.7. The standard InChI is InChI=1S/C25H38O5/c1-6-15(3)25(28)30-22-10-14(2)9-21-17(5)11-16(4)20(24(21)22)8-7-19-12-18(26)13-23(27)29-19/h9,11,14-16,18-20,22,24,26H,6-8,10,12-13H2,1-5H3. The molecule has 8 unspecified atom stereocenters. The van der Waals surface area contributed by atoms with Crippen LogP contribution in [0.4, 0.5) is 0 Å². The Hall–Kier alpha value is -1.62. The first kappa shape index (κ1) is 23.1. The molecule has 0 spiro atoms. The van der Waals surface area contributed by atoms with E-state index in [9.17, 15) is 14.7 Å². The molecule has 0 radical (unpaired) electrons. The van der Waals surface area contributed by atoms with Crippen molar-refractivity contribution < 1.29 is 24.2 Å². The number of carbonyl (C=O) groups excluding carboxylic acids is 2. The summed E-state index contributed by atoms with van der Waals surface area (Å²) in [5.41, 5.74) is 2.61. The van der Waals surface area contributed by atoms with Crippen LogP contribution in [0.5, 0.6) is 0 Å². The zero-order valence-electron chi connectivity index (χ0n) is 19.1. The summed E-state index contributed by atoms with van der Waals surface area (Å²) in [6.07, 6.45) is 7.60. The third-order valence-electron chi connectivity index (χ3n) is 7.27. The summed E-state index contributed by atoms with van der Waals surface area (Å²) in [6, 6.07) is 0. The van der Waals surface area contributed by atoms with Gasteiger partial charge in [0, 0.05) is 12.3 Å². The lowest BCUT2D eigenvalue weighted by molar-refractivity contribution is -0.162. The SMILES string of the molecule is CCC(C)C(=O)OC1CC(C)C=C2C(C)=CC(C)C(CCC3CC(O)CC(=O)O3)C21. The smallest absolute Gasteiger partial charge is 0.308 e. The van der Waals surface area contributed by atoms with E-state index in [2.05, 4.69) is 32.9 Å². The highest BCUT2D eigenvalue weighted by molar-refractivity contribution is 5.72. The number of ether oxygens (including phenoxy) is 2. The number of cyclic esters (lactones) is 1. The predicted octanol–water partition coefficient (Wildman–Crippen LogP) is 4.59. The number of aliphatic hydroxyl groups excluding tert-OH is 1. The molecule has 0 saturated carbocycles. The predicted molar refractivity (Wildman–Crippen MR) is 115 cm³/mol. The fraction of sp³-hybridized carbons (Fsp3) is 0.760. The van der Waals surface area contributed by atoms with Gasteiger partial charge in [0.25, 0.3) is 0 Å². The highest BCUT2D eigenvalue weighted by Gasteiger charge is 2.43. The molecule has 5 heteroatoms. The van der Waals surface area contributed by atoms with Crippen LogP contribution in [0.3, 0.4) is 0 Å². The fourth-order valence-corrected chi connectivity index (χ4v) is 5.45. The van der Waals surface area contributed by atoms with Gasteiger partial charge in [-0.25, -0.2) is 0 Å². The van der Waals surface area contributed by atoms with Crippen molar-refractivity contribution in [1.29, 1.82) is 0 Å². The zero-order chi connectivity index (χ0) is 22.0. The Kier molecular flexibility index (Phi) is 7.43. The van der Waals surface area contributed by atoms with Crippen molar-refractivity contribution in [3.05, 3.63) is 23.3 Å². The summed E-state index contributed by atoms with van der Waals surface area (Å²) in [5.74, 6) is 0.734. The second kappa shape index (κ2) is 9.67. The number of hydrogen-bond donors (Lipinski definition) is 1. The molecule has 0 aromatic heterocycles. The molecule has 1 aliphatic heterocycles. The summed E-state index contributed by atoms with van der Waals surface area (Å²) < 4.78 is 11.6. The third-order valence-corrected chi connectivity index (χ3v) is 7.27. The molecule has 1 heterocycles. The first-order chi connectivity index (χ1) is 14.2. The second-order valence-electron chi connectivity index (χ2n) is 9.80. The lowest BCUT2D eigenvalue weighted by atomic mass is 9.63. The van der Waals surface area contributed by atoms with Crippen LogP contribution in [0.1, 0.15) is 73.1 Å². The van der Waals surface area contributed by atoms with Crippen molar-refractivity contribution in [3.8, 4) is 0 Å². The Morgan fingerprint density at radius 1 is 1.27 bits per heavy atom. The van der Waals surface area contributed by atoms with Crippen molar-refractivity contribution >= 4 is 11.9 Å². The molecule has 0 amide bonds. The summed E-state index contributed by atoms with van der Waals surface area (Å²) in [5, 5.41) is 9.93. The third kappa shape index (κ3) is 5.16. The normalized spacial score (nSPS) is 37.4. The molecule has 1 saturated heterocycles. The maximum Gasteiger partial charge on any atom is 0.308 e. The summed E-state index contributed by atoms with van der Waals surface area (Å²) >= 11 is 0. The van der Waals surface area contributed by atoms with Crippen molar-refractivity contribution in [3.63, 3.8) is 0 Å². The van der Waals surface area contributed by atoms with Gasteiger partial charge in [-0.3, -0.25) is 9.59 Å². The number of hydrogen-bond acceptors (Lipinski definition) is 5. The van der Waals surface area contributed by atoms with E-state index in [0.29, 0.717) is 24.2 Å². The van der Waals surface area contributed by atoms with Crippen LogP contribution in [-0.4, -0.2) is 35.4 Å². The Bertz CT molecular complexity index is 708. The second-order valence-corrected chi connectivity index (χ2v) is 9.80. The maximum atomic E-state index is 12.6. The molecule has 0 aromatic rings. The molecule has 2 aliphatic carbocycles. The van der Waals surface area contributed by atoms with E-state index in [4.69, 9.17) is 9.47 Å². The molecule has 3 rings (SSSR count). The molecule has 168 valence electrons. The Morgan fingerprint density at radius 2 is 2.00 bits per heavy atom. The maximum absolute atomic E-state index is 12.6. The van der Waals surface area contributed by atoms with Gasteiger partial charge < -0.3 is 14.6 Å². The van der Waals surface area contributed by atoms with Gasteiger partial charge >= 0.3 is 11.9 Å². The van der Waals surface area contributed by atoms with Crippen LogP contribution in [0.2, 0.25) is 0 Å². The van der Waals surface area contributed by atoms with Crippen molar-refractivity contribution in [2.45, 2.75) is 91.5 Å². The van der Waals surface area contributed by atoms with Crippen LogP contribution in [0.15, 0.2) is 23.3 Å². The van der Waals surface area contributed by atoms with E-state index in [1.54, 1.807) is 0 Å². The van der Waals surface area contributed by atoms with E-state index in [1.807, 2.05) is 13.8 Å². The first-order valence-electron chi connectivity index (χ1n) is 11.7. The quantitative estimate of drug-likeness (QED) is 0.639. The van der Waals surface area contributed by atoms with Gasteiger partial charge in [0.15, 0.2) is 0 Å². The van der Waals surface area contributed by atoms with Gasteiger partial charge in [-0.2, -0.15) is 0 Å². The molecule has 1 N–H and O–H groups in total. The minimum absolute atomic E-state index is 0.0890. The van der Waals surface area contributed by atoms with Gasteiger partial charge in [-0.05, 0) is 55.9 Å². The fourth-order valence-electron chi connectivity index (χ4n) is 5.45. The van der Waals surface area contributed by atoms with Crippen molar-refractivity contribution in [2.24, 2.45) is 29.6 Å². The van der Waals surface area contributed by atoms with Crippen LogP contribution in [-0.2, 0) is 19.1 Å². The minimum Gasteiger partial charge on any atom is -0.462 e. The minimum atomic E-state index is -0.600. The van der Waals surface area contributed by atoms with E-state index >= 15 is 0 Å². The van der Waals surface area contributed by atoms with Gasteiger partial charge in [-0.1, -0.05) is 45.4 Å². The summed E-state index contributed by atoms with van der Waals surface area (Å²) in [7, 11) is 0. The van der Waals surface area contributed by atoms with Crippen molar-refractivity contribution in [2.75, 3.05) is 0 Å². The number of esters is 2. The molecule has 1 fully saturated rings. The Morgan fingerprint density at radius 3 is 2.67 bits per heavy atom. The Balaban J connectivity index is 1.79. The molecule has 5 nitrogen and oxygen atoms in total. The molecular weight excluding hydrogens is 380 g/mol. The lowest BCUT2D eigenvalue weighted by Crippen LogP contribution is -2.43. The monoisotopic (exact) mass is 418 g/mol. The molecular formula is C25H38O5. The van der Waals surface area contributed by atoms with Gasteiger partial charge in [0.1, 0.15) is 12.2 Å².